The number of aliphatic carboxylic acids is 2. The maximum Gasteiger partial charge on any atom is 0.326 e. The molecule has 0 fully saturated rings. The summed E-state index contributed by atoms with van der Waals surface area (Å²) >= 11 is 0. The number of amides is 4. The van der Waals surface area contributed by atoms with E-state index >= 15 is 0 Å². The number of nitrogens with zero attached hydrogens (tertiary/aromatic N) is 1. The number of aliphatic imine (C=N–C) groups is 1. The average molecular weight is 630 g/mol. The Morgan fingerprint density at radius 2 is 1.20 bits per heavy atom. The highest BCUT2D eigenvalue weighted by Crippen LogP contribution is 2.10. The number of carbonyl (C=O) groups is 6. The lowest BCUT2D eigenvalue weighted by Crippen LogP contribution is -2.60. The van der Waals surface area contributed by atoms with Crippen LogP contribution in [0, 0.1) is 11.8 Å². The van der Waals surface area contributed by atoms with Crippen molar-refractivity contribution in [3.05, 3.63) is 0 Å². The van der Waals surface area contributed by atoms with E-state index in [0.717, 1.165) is 0 Å². The quantitative estimate of drug-likeness (QED) is 0.0343. The van der Waals surface area contributed by atoms with E-state index in [-0.39, 0.29) is 31.8 Å². The third-order valence-electron chi connectivity index (χ3n) is 6.64. The number of carbonyl (C=O) groups excluding carboxylic acids is 4. The summed E-state index contributed by atoms with van der Waals surface area (Å²) in [4.78, 5) is 78.9. The van der Waals surface area contributed by atoms with Crippen LogP contribution in [0.4, 0.5) is 0 Å². The molecule has 0 aliphatic carbocycles. The molecule has 0 spiro atoms. The molecule has 17 heteroatoms. The molecular weight excluding hydrogens is 578 g/mol. The van der Waals surface area contributed by atoms with Gasteiger partial charge in [0.2, 0.25) is 23.6 Å². The van der Waals surface area contributed by atoms with Gasteiger partial charge in [0, 0.05) is 13.0 Å². The van der Waals surface area contributed by atoms with Gasteiger partial charge in [-0.15, -0.1) is 0 Å². The highest BCUT2D eigenvalue weighted by atomic mass is 16.4. The molecule has 5 atom stereocenters. The molecule has 0 aliphatic rings. The zero-order valence-corrected chi connectivity index (χ0v) is 26.0. The van der Waals surface area contributed by atoms with Gasteiger partial charge in [-0.3, -0.25) is 29.0 Å². The third kappa shape index (κ3) is 16.0. The van der Waals surface area contributed by atoms with Crippen molar-refractivity contribution in [1.29, 1.82) is 0 Å². The van der Waals surface area contributed by atoms with Crippen LogP contribution in [-0.4, -0.2) is 95.0 Å². The van der Waals surface area contributed by atoms with Gasteiger partial charge < -0.3 is 54.4 Å². The van der Waals surface area contributed by atoms with Crippen LogP contribution < -0.4 is 44.2 Å². The van der Waals surface area contributed by atoms with Crippen molar-refractivity contribution < 1.29 is 39.0 Å². The van der Waals surface area contributed by atoms with E-state index in [1.54, 1.807) is 27.7 Å². The predicted octanol–water partition coefficient (Wildman–Crippen LogP) is -2.30. The molecule has 0 aromatic heterocycles. The molecule has 14 N–H and O–H groups in total. The van der Waals surface area contributed by atoms with Gasteiger partial charge in [-0.1, -0.05) is 34.1 Å². The fourth-order valence-electron chi connectivity index (χ4n) is 4.04. The monoisotopic (exact) mass is 629 g/mol. The Morgan fingerprint density at radius 1 is 0.682 bits per heavy atom. The summed E-state index contributed by atoms with van der Waals surface area (Å²) in [6.45, 7) is 7.17. The Kier molecular flexibility index (Phi) is 18.9. The maximum absolute atomic E-state index is 13.3. The highest BCUT2D eigenvalue weighted by Gasteiger charge is 2.34. The summed E-state index contributed by atoms with van der Waals surface area (Å²) in [7, 11) is 0. The largest absolute Gasteiger partial charge is 0.481 e. The SMILES string of the molecule is CC(C)[C@H](NC(=O)[C@H](CCC(=O)O)NC(=O)[C@@H](N)CCCCN)C(=O)N[C@H](C(=O)N[C@@H](CCCN=C(N)N)C(=O)O)C(C)C. The number of nitrogens with one attached hydrogen (secondary N) is 4. The van der Waals surface area contributed by atoms with E-state index in [1.807, 2.05) is 0 Å². The van der Waals surface area contributed by atoms with Crippen LogP contribution in [0.3, 0.4) is 0 Å². The predicted molar refractivity (Wildman–Crippen MR) is 163 cm³/mol. The number of guanidine groups is 1. The van der Waals surface area contributed by atoms with Crippen molar-refractivity contribution in [2.75, 3.05) is 13.1 Å². The molecule has 0 aliphatic heterocycles. The molecule has 0 saturated carbocycles. The van der Waals surface area contributed by atoms with Crippen LogP contribution in [0.2, 0.25) is 0 Å². The normalized spacial score (nSPS) is 14.5. The molecule has 0 heterocycles. The van der Waals surface area contributed by atoms with Crippen LogP contribution in [0.5, 0.6) is 0 Å². The number of hydrogen-bond acceptors (Lipinski definition) is 9. The third-order valence-corrected chi connectivity index (χ3v) is 6.64. The first-order valence-electron chi connectivity index (χ1n) is 14.7. The number of carboxylic acids is 2. The Bertz CT molecular complexity index is 1000. The minimum Gasteiger partial charge on any atom is -0.481 e. The van der Waals surface area contributed by atoms with E-state index in [4.69, 9.17) is 28.0 Å². The van der Waals surface area contributed by atoms with Crippen molar-refractivity contribution in [2.45, 2.75) is 103 Å². The number of nitrogens with two attached hydrogens (primary N) is 4. The Hall–Kier alpha value is -3.99. The number of carboxylic acid groups (broad SMARTS) is 2. The first-order valence-corrected chi connectivity index (χ1v) is 14.7. The topological polar surface area (TPSA) is 307 Å². The number of hydrogen-bond donors (Lipinski definition) is 10. The first-order chi connectivity index (χ1) is 20.5. The van der Waals surface area contributed by atoms with Crippen molar-refractivity contribution in [3.8, 4) is 0 Å². The van der Waals surface area contributed by atoms with Gasteiger partial charge in [0.1, 0.15) is 24.2 Å². The second-order valence-electron chi connectivity index (χ2n) is 11.2. The highest BCUT2D eigenvalue weighted by molar-refractivity contribution is 5.95. The van der Waals surface area contributed by atoms with Gasteiger partial charge in [0.25, 0.3) is 0 Å². The molecule has 0 aromatic carbocycles. The standard InChI is InChI=1S/C27H51N9O8/c1-14(2)20(24(41)34-18(26(43)44)9-7-13-32-27(30)31)36-25(42)21(15(3)4)35-23(40)17(10-11-19(37)38)33-22(39)16(29)8-5-6-12-28/h14-18,20-21H,5-13,28-29H2,1-4H3,(H,33,39)(H,34,41)(H,35,40)(H,36,42)(H,37,38)(H,43,44)(H4,30,31,32)/t16-,17-,18-,20-,21-/m0/s1. The molecule has 0 bridgehead atoms. The van der Waals surface area contributed by atoms with Crippen LogP contribution in [0.1, 0.15) is 72.6 Å². The summed E-state index contributed by atoms with van der Waals surface area (Å²) in [5.41, 5.74) is 21.9. The van der Waals surface area contributed by atoms with Gasteiger partial charge in [-0.05, 0) is 50.5 Å². The summed E-state index contributed by atoms with van der Waals surface area (Å²) in [5, 5.41) is 28.7. The number of unbranched alkanes of at least 4 members (excludes halogenated alkanes) is 1. The molecular formula is C27H51N9O8. The van der Waals surface area contributed by atoms with Gasteiger partial charge in [0.05, 0.1) is 6.04 Å². The maximum atomic E-state index is 13.3. The molecule has 4 amide bonds. The number of rotatable bonds is 22. The van der Waals surface area contributed by atoms with E-state index in [1.165, 1.54) is 0 Å². The van der Waals surface area contributed by atoms with Crippen LogP contribution in [0.25, 0.3) is 0 Å². The van der Waals surface area contributed by atoms with Crippen LogP contribution in [-0.2, 0) is 28.8 Å². The van der Waals surface area contributed by atoms with E-state index in [9.17, 15) is 33.9 Å². The van der Waals surface area contributed by atoms with E-state index in [2.05, 4.69) is 26.3 Å². The second kappa shape index (κ2) is 20.8. The first kappa shape index (κ1) is 40.0. The Balaban J connectivity index is 5.67. The Labute approximate surface area is 257 Å². The second-order valence-corrected chi connectivity index (χ2v) is 11.2. The molecule has 0 unspecified atom stereocenters. The van der Waals surface area contributed by atoms with E-state index in [0.29, 0.717) is 25.8 Å². The zero-order valence-electron chi connectivity index (χ0n) is 26.0. The lowest BCUT2D eigenvalue weighted by atomic mass is 9.98. The Morgan fingerprint density at radius 3 is 1.68 bits per heavy atom. The van der Waals surface area contributed by atoms with Crippen molar-refractivity contribution in [3.63, 3.8) is 0 Å². The molecule has 0 aromatic rings. The molecule has 17 nitrogen and oxygen atoms in total. The zero-order chi connectivity index (χ0) is 34.0. The molecule has 0 rings (SSSR count). The van der Waals surface area contributed by atoms with Crippen molar-refractivity contribution >= 4 is 41.5 Å². The summed E-state index contributed by atoms with van der Waals surface area (Å²) in [6, 6.07) is -5.86. The van der Waals surface area contributed by atoms with Gasteiger partial charge in [0.15, 0.2) is 5.96 Å². The summed E-state index contributed by atoms with van der Waals surface area (Å²) < 4.78 is 0. The van der Waals surface area contributed by atoms with Crippen LogP contribution >= 0.6 is 0 Å². The fourth-order valence-corrected chi connectivity index (χ4v) is 4.04. The fraction of sp³-hybridized carbons (Fsp3) is 0.741. The summed E-state index contributed by atoms with van der Waals surface area (Å²) in [6.07, 6.45) is 1.15. The summed E-state index contributed by atoms with van der Waals surface area (Å²) in [5.74, 6) is -6.51. The smallest absolute Gasteiger partial charge is 0.326 e. The van der Waals surface area contributed by atoms with Crippen molar-refractivity contribution in [1.82, 2.24) is 21.3 Å². The molecule has 0 radical (unpaired) electrons. The molecule has 0 saturated heterocycles. The lowest BCUT2D eigenvalue weighted by molar-refractivity contribution is -0.143. The van der Waals surface area contributed by atoms with Crippen LogP contribution in [0.15, 0.2) is 4.99 Å². The van der Waals surface area contributed by atoms with Gasteiger partial charge in [-0.25, -0.2) is 4.79 Å². The minimum atomic E-state index is -1.30. The molecule has 44 heavy (non-hydrogen) atoms. The molecule has 252 valence electrons. The van der Waals surface area contributed by atoms with E-state index < -0.39 is 84.0 Å². The lowest BCUT2D eigenvalue weighted by Gasteiger charge is -2.29. The van der Waals surface area contributed by atoms with Gasteiger partial charge in [-0.2, -0.15) is 0 Å². The average Bonchev–Trinajstić information content (AvgIpc) is 2.92. The minimum absolute atomic E-state index is 0.0292. The van der Waals surface area contributed by atoms with Crippen molar-refractivity contribution in [2.24, 2.45) is 39.8 Å². The van der Waals surface area contributed by atoms with Gasteiger partial charge >= 0.3 is 11.9 Å².